The summed E-state index contributed by atoms with van der Waals surface area (Å²) in [5, 5.41) is 10.2. The van der Waals surface area contributed by atoms with E-state index in [1.807, 2.05) is 50.2 Å². The Morgan fingerprint density at radius 1 is 1.10 bits per heavy atom. The number of nitrogens with zero attached hydrogens (tertiary/aromatic N) is 5. The Kier molecular flexibility index (Phi) is 5.71. The molecule has 0 unspecified atom stereocenters. The van der Waals surface area contributed by atoms with E-state index < -0.39 is 0 Å². The van der Waals surface area contributed by atoms with Gasteiger partial charge in [-0.2, -0.15) is 4.98 Å². The molecule has 0 atom stereocenters. The highest BCUT2D eigenvalue weighted by Gasteiger charge is 2.24. The molecule has 4 rings (SSSR count). The van der Waals surface area contributed by atoms with Crippen molar-refractivity contribution in [2.75, 3.05) is 25.0 Å². The maximum absolute atomic E-state index is 12.6. The number of nitrogens with one attached hydrogen (secondary N) is 2. The molecule has 2 N–H and O–H groups in total. The maximum atomic E-state index is 12.6. The first-order chi connectivity index (χ1) is 14.5. The van der Waals surface area contributed by atoms with Gasteiger partial charge in [0, 0.05) is 36.2 Å². The van der Waals surface area contributed by atoms with E-state index in [1.54, 1.807) is 4.52 Å². The summed E-state index contributed by atoms with van der Waals surface area (Å²) in [6.45, 7) is 5.61. The summed E-state index contributed by atoms with van der Waals surface area (Å²) in [6.07, 6.45) is 1.54. The Labute approximate surface area is 174 Å². The van der Waals surface area contributed by atoms with Gasteiger partial charge < -0.3 is 10.6 Å². The molecule has 9 heteroatoms. The minimum Gasteiger partial charge on any atom is -0.346 e. The molecule has 30 heavy (non-hydrogen) atoms. The number of rotatable bonds is 5. The molecule has 0 bridgehead atoms. The molecule has 0 spiro atoms. The molecule has 3 heterocycles. The molecule has 9 nitrogen and oxygen atoms in total. The molecular weight excluding hydrogens is 382 g/mol. The predicted octanol–water partition coefficient (Wildman–Crippen LogP) is 1.57. The molecule has 1 aromatic carbocycles. The largest absolute Gasteiger partial charge is 0.346 e. The van der Waals surface area contributed by atoms with E-state index in [4.69, 9.17) is 0 Å². The van der Waals surface area contributed by atoms with Gasteiger partial charge in [-0.25, -0.2) is 9.50 Å². The Morgan fingerprint density at radius 2 is 1.83 bits per heavy atom. The lowest BCUT2D eigenvalue weighted by Crippen LogP contribution is -2.46. The quantitative estimate of drug-likeness (QED) is 0.665. The van der Waals surface area contributed by atoms with E-state index in [2.05, 4.69) is 30.6 Å². The Balaban J connectivity index is 1.28. The van der Waals surface area contributed by atoms with Gasteiger partial charge >= 0.3 is 0 Å². The van der Waals surface area contributed by atoms with E-state index in [0.29, 0.717) is 12.3 Å². The molecule has 2 amide bonds. The predicted molar refractivity (Wildman–Crippen MR) is 112 cm³/mol. The maximum Gasteiger partial charge on any atom is 0.291 e. The summed E-state index contributed by atoms with van der Waals surface area (Å²) < 4.78 is 1.58. The lowest BCUT2D eigenvalue weighted by molar-refractivity contribution is -0.117. The van der Waals surface area contributed by atoms with Crippen molar-refractivity contribution in [1.82, 2.24) is 29.8 Å². The number of hydrogen-bond acceptors (Lipinski definition) is 6. The average Bonchev–Trinajstić information content (AvgIpc) is 3.15. The first-order valence-corrected chi connectivity index (χ1v) is 10.1. The van der Waals surface area contributed by atoms with Gasteiger partial charge in [0.15, 0.2) is 0 Å². The number of carbonyl (C=O) groups is 2. The second-order valence-electron chi connectivity index (χ2n) is 7.62. The van der Waals surface area contributed by atoms with Crippen LogP contribution in [0.4, 0.5) is 5.69 Å². The molecule has 1 fully saturated rings. The number of para-hydroxylation sites is 1. The van der Waals surface area contributed by atoms with Gasteiger partial charge in [0.2, 0.25) is 11.7 Å². The second kappa shape index (κ2) is 8.58. The van der Waals surface area contributed by atoms with E-state index in [0.717, 1.165) is 43.0 Å². The highest BCUT2D eigenvalue weighted by molar-refractivity contribution is 5.92. The molecule has 2 aromatic heterocycles. The first-order valence-electron chi connectivity index (χ1n) is 10.1. The number of piperidine rings is 1. The van der Waals surface area contributed by atoms with Crippen LogP contribution in [-0.4, -0.2) is 62.0 Å². The molecule has 0 aliphatic carbocycles. The molecule has 156 valence electrons. The lowest BCUT2D eigenvalue weighted by Gasteiger charge is -2.31. The fourth-order valence-corrected chi connectivity index (χ4v) is 3.67. The minimum absolute atomic E-state index is 0.0317. The summed E-state index contributed by atoms with van der Waals surface area (Å²) in [6, 6.07) is 11.4. The zero-order valence-electron chi connectivity index (χ0n) is 17.1. The minimum atomic E-state index is -0.294. The molecule has 1 aliphatic rings. The van der Waals surface area contributed by atoms with Crippen LogP contribution in [0.2, 0.25) is 0 Å². The summed E-state index contributed by atoms with van der Waals surface area (Å²) in [4.78, 5) is 35.5. The van der Waals surface area contributed by atoms with Gasteiger partial charge in [-0.3, -0.25) is 14.5 Å². The number of amides is 2. The molecule has 0 radical (unpaired) electrons. The second-order valence-corrected chi connectivity index (χ2v) is 7.62. The molecular formula is C21H25N7O2. The standard InChI is InChI=1S/C21H25N7O2/c1-14-12-15(2)28-21(22-14)25-19(26-28)20(30)24-17-8-10-27(11-9-17)13-18(29)23-16-6-4-3-5-7-16/h3-7,12,17H,8-11,13H2,1-2H3,(H,23,29)(H,24,30). The van der Waals surface area contributed by atoms with Crippen molar-refractivity contribution in [1.29, 1.82) is 0 Å². The van der Waals surface area contributed by atoms with Crippen molar-refractivity contribution in [2.45, 2.75) is 32.7 Å². The van der Waals surface area contributed by atoms with Crippen LogP contribution in [0.3, 0.4) is 0 Å². The van der Waals surface area contributed by atoms with E-state index >= 15 is 0 Å². The zero-order valence-corrected chi connectivity index (χ0v) is 17.1. The average molecular weight is 407 g/mol. The van der Waals surface area contributed by atoms with Crippen LogP contribution >= 0.6 is 0 Å². The number of carbonyl (C=O) groups excluding carboxylic acids is 2. The number of likely N-dealkylation sites (tertiary alicyclic amines) is 1. The number of fused-ring (bicyclic) bond motifs is 1. The number of anilines is 1. The summed E-state index contributed by atoms with van der Waals surface area (Å²) in [5.41, 5.74) is 2.51. The normalized spacial score (nSPS) is 15.3. The van der Waals surface area contributed by atoms with E-state index in [1.165, 1.54) is 0 Å². The van der Waals surface area contributed by atoms with Gasteiger partial charge in [-0.1, -0.05) is 18.2 Å². The molecule has 0 saturated carbocycles. The molecule has 1 saturated heterocycles. The highest BCUT2D eigenvalue weighted by Crippen LogP contribution is 2.12. The lowest BCUT2D eigenvalue weighted by atomic mass is 10.0. The monoisotopic (exact) mass is 407 g/mol. The Bertz CT molecular complexity index is 1060. The third kappa shape index (κ3) is 4.62. The third-order valence-electron chi connectivity index (χ3n) is 5.17. The fourth-order valence-electron chi connectivity index (χ4n) is 3.67. The van der Waals surface area contributed by atoms with Crippen molar-refractivity contribution in [3.05, 3.63) is 53.6 Å². The zero-order chi connectivity index (χ0) is 21.1. The van der Waals surface area contributed by atoms with Crippen LogP contribution in [0.1, 0.15) is 34.8 Å². The smallest absolute Gasteiger partial charge is 0.291 e. The molecule has 1 aliphatic heterocycles. The van der Waals surface area contributed by atoms with E-state index in [9.17, 15) is 9.59 Å². The van der Waals surface area contributed by atoms with Gasteiger partial charge in [0.25, 0.3) is 11.7 Å². The number of aryl methyl sites for hydroxylation is 2. The van der Waals surface area contributed by atoms with Crippen molar-refractivity contribution in [3.63, 3.8) is 0 Å². The number of hydrogen-bond donors (Lipinski definition) is 2. The Morgan fingerprint density at radius 3 is 2.57 bits per heavy atom. The Hall–Kier alpha value is -3.33. The van der Waals surface area contributed by atoms with Crippen LogP contribution in [-0.2, 0) is 4.79 Å². The van der Waals surface area contributed by atoms with Crippen LogP contribution in [0.5, 0.6) is 0 Å². The van der Waals surface area contributed by atoms with Gasteiger partial charge in [0.1, 0.15) is 0 Å². The summed E-state index contributed by atoms with van der Waals surface area (Å²) in [5.74, 6) is 0.228. The first kappa shape index (κ1) is 20.0. The topological polar surface area (TPSA) is 105 Å². The number of aromatic nitrogens is 4. The van der Waals surface area contributed by atoms with Crippen LogP contribution in [0.15, 0.2) is 36.4 Å². The van der Waals surface area contributed by atoms with Crippen LogP contribution < -0.4 is 10.6 Å². The van der Waals surface area contributed by atoms with Gasteiger partial charge in [0.05, 0.1) is 6.54 Å². The van der Waals surface area contributed by atoms with Gasteiger partial charge in [-0.05, 0) is 44.9 Å². The fraction of sp³-hybridized carbons (Fsp3) is 0.381. The van der Waals surface area contributed by atoms with Crippen LogP contribution in [0, 0.1) is 13.8 Å². The van der Waals surface area contributed by atoms with Crippen molar-refractivity contribution in [2.24, 2.45) is 0 Å². The SMILES string of the molecule is Cc1cc(C)n2nc(C(=O)NC3CCN(CC(=O)Nc4ccccc4)CC3)nc2n1. The summed E-state index contributed by atoms with van der Waals surface area (Å²) >= 11 is 0. The summed E-state index contributed by atoms with van der Waals surface area (Å²) in [7, 11) is 0. The van der Waals surface area contributed by atoms with Crippen molar-refractivity contribution in [3.8, 4) is 0 Å². The van der Waals surface area contributed by atoms with Gasteiger partial charge in [-0.15, -0.1) is 5.10 Å². The van der Waals surface area contributed by atoms with Crippen molar-refractivity contribution >= 4 is 23.3 Å². The molecule has 3 aromatic rings. The van der Waals surface area contributed by atoms with E-state index in [-0.39, 0.29) is 23.7 Å². The van der Waals surface area contributed by atoms with Crippen LogP contribution in [0.25, 0.3) is 5.78 Å². The number of benzene rings is 1. The highest BCUT2D eigenvalue weighted by atomic mass is 16.2. The van der Waals surface area contributed by atoms with Crippen molar-refractivity contribution < 1.29 is 9.59 Å². The third-order valence-corrected chi connectivity index (χ3v) is 5.17.